The molecule has 9 heteroatoms. The molecule has 2 aromatic heterocycles. The van der Waals surface area contributed by atoms with Crippen molar-refractivity contribution in [2.45, 2.75) is 12.1 Å². The number of anilines is 1. The topological polar surface area (TPSA) is 77.8 Å². The molecular formula is C22H14Cl2N6O. The summed E-state index contributed by atoms with van der Waals surface area (Å²) in [6, 6.07) is 16.8. The number of hydrogen-bond acceptors (Lipinski definition) is 6. The number of ether oxygens (including phenoxy) is 1. The van der Waals surface area contributed by atoms with Gasteiger partial charge in [-0.1, -0.05) is 46.5 Å². The molecule has 2 atom stereocenters. The smallest absolute Gasteiger partial charge is 0.248 e. The monoisotopic (exact) mass is 448 g/mol. The van der Waals surface area contributed by atoms with Crippen LogP contribution in [-0.2, 0) is 0 Å². The van der Waals surface area contributed by atoms with Gasteiger partial charge in [-0.3, -0.25) is 4.98 Å². The Morgan fingerprint density at radius 3 is 2.61 bits per heavy atom. The van der Waals surface area contributed by atoms with Crippen LogP contribution in [0.4, 0.5) is 5.95 Å². The summed E-state index contributed by atoms with van der Waals surface area (Å²) in [5.74, 6) is 1.26. The summed E-state index contributed by atoms with van der Waals surface area (Å²) in [5, 5.41) is 17.0. The van der Waals surface area contributed by atoms with Gasteiger partial charge < -0.3 is 10.1 Å². The number of nitrogens with one attached hydrogen (secondary N) is 1. The van der Waals surface area contributed by atoms with E-state index in [4.69, 9.17) is 27.9 Å². The fraction of sp³-hybridized carbons (Fsp3) is 0.0909. The molecule has 0 fully saturated rings. The molecule has 31 heavy (non-hydrogen) atoms. The summed E-state index contributed by atoms with van der Waals surface area (Å²) in [6.45, 7) is 0. The third-order valence-corrected chi connectivity index (χ3v) is 5.96. The van der Waals surface area contributed by atoms with Crippen LogP contribution in [0.2, 0.25) is 10.0 Å². The van der Waals surface area contributed by atoms with Gasteiger partial charge in [-0.2, -0.15) is 4.68 Å². The van der Waals surface area contributed by atoms with Crippen molar-refractivity contribution < 1.29 is 4.74 Å². The molecule has 152 valence electrons. The maximum absolute atomic E-state index is 6.52. The second-order valence-electron chi connectivity index (χ2n) is 7.28. The summed E-state index contributed by atoms with van der Waals surface area (Å²) < 4.78 is 8.27. The van der Waals surface area contributed by atoms with Crippen molar-refractivity contribution in [1.82, 2.24) is 25.2 Å². The maximum atomic E-state index is 6.52. The molecule has 0 spiro atoms. The van der Waals surface area contributed by atoms with Crippen LogP contribution >= 0.6 is 23.2 Å². The maximum Gasteiger partial charge on any atom is 0.248 e. The lowest BCUT2D eigenvalue weighted by molar-refractivity contribution is 0.222. The van der Waals surface area contributed by atoms with Crippen molar-refractivity contribution in [2.75, 3.05) is 5.32 Å². The minimum absolute atomic E-state index is 0.317. The first-order valence-electron chi connectivity index (χ1n) is 9.60. The Hall–Kier alpha value is -3.42. The third-order valence-electron chi connectivity index (χ3n) is 5.47. The Labute approximate surface area is 187 Å². The molecular weight excluding hydrogens is 435 g/mol. The number of benzene rings is 2. The van der Waals surface area contributed by atoms with Gasteiger partial charge in [-0.05, 0) is 58.0 Å². The SMILES string of the molecule is Clc1ccc([C@@H]2Oc3ccc(Cl)cc3C3=C2[C@@H](c2cccnc2)n2nnnc2N3)cc1. The molecule has 0 amide bonds. The Balaban J connectivity index is 1.64. The van der Waals surface area contributed by atoms with Gasteiger partial charge in [0.25, 0.3) is 0 Å². The van der Waals surface area contributed by atoms with Gasteiger partial charge in [0.05, 0.1) is 5.70 Å². The van der Waals surface area contributed by atoms with E-state index in [1.54, 1.807) is 10.9 Å². The summed E-state index contributed by atoms with van der Waals surface area (Å²) in [6.07, 6.45) is 3.16. The first-order chi connectivity index (χ1) is 15.2. The predicted molar refractivity (Wildman–Crippen MR) is 117 cm³/mol. The molecule has 1 N–H and O–H groups in total. The molecule has 0 saturated heterocycles. The number of fused-ring (bicyclic) bond motifs is 3. The Bertz CT molecular complexity index is 1320. The molecule has 4 heterocycles. The number of hydrogen-bond donors (Lipinski definition) is 1. The molecule has 0 bridgehead atoms. The number of tetrazole rings is 1. The molecule has 2 aromatic carbocycles. The van der Waals surface area contributed by atoms with Crippen molar-refractivity contribution in [2.24, 2.45) is 0 Å². The number of pyridine rings is 1. The number of rotatable bonds is 2. The molecule has 0 aliphatic carbocycles. The number of nitrogens with zero attached hydrogens (tertiary/aromatic N) is 5. The molecule has 0 unspecified atom stereocenters. The zero-order valence-electron chi connectivity index (χ0n) is 15.9. The van der Waals surface area contributed by atoms with Gasteiger partial charge in [0.1, 0.15) is 17.9 Å². The second-order valence-corrected chi connectivity index (χ2v) is 8.15. The lowest BCUT2D eigenvalue weighted by Gasteiger charge is -2.38. The minimum atomic E-state index is -0.393. The van der Waals surface area contributed by atoms with Crippen molar-refractivity contribution in [3.8, 4) is 5.75 Å². The molecule has 2 aliphatic heterocycles. The molecule has 7 nitrogen and oxygen atoms in total. The highest BCUT2D eigenvalue weighted by atomic mass is 35.5. The van der Waals surface area contributed by atoms with Crippen molar-refractivity contribution in [3.63, 3.8) is 0 Å². The zero-order chi connectivity index (χ0) is 20.9. The molecule has 6 rings (SSSR count). The van der Waals surface area contributed by atoms with Crippen LogP contribution in [0.25, 0.3) is 5.70 Å². The van der Waals surface area contributed by atoms with Crippen molar-refractivity contribution in [3.05, 3.63) is 99.3 Å². The van der Waals surface area contributed by atoms with Gasteiger partial charge in [-0.25, -0.2) is 0 Å². The largest absolute Gasteiger partial charge is 0.480 e. The molecule has 4 aromatic rings. The van der Waals surface area contributed by atoms with Gasteiger partial charge in [0.2, 0.25) is 5.95 Å². The van der Waals surface area contributed by atoms with Crippen LogP contribution in [-0.4, -0.2) is 25.2 Å². The van der Waals surface area contributed by atoms with Crippen molar-refractivity contribution in [1.29, 1.82) is 0 Å². The number of halogens is 2. The summed E-state index contributed by atoms with van der Waals surface area (Å²) in [7, 11) is 0. The summed E-state index contributed by atoms with van der Waals surface area (Å²) in [5.41, 5.74) is 4.60. The molecule has 0 saturated carbocycles. The zero-order valence-corrected chi connectivity index (χ0v) is 17.4. The van der Waals surface area contributed by atoms with E-state index in [2.05, 4.69) is 25.8 Å². The van der Waals surface area contributed by atoms with E-state index in [1.807, 2.05) is 60.8 Å². The van der Waals surface area contributed by atoms with Crippen LogP contribution in [0.1, 0.15) is 28.8 Å². The highest BCUT2D eigenvalue weighted by Gasteiger charge is 2.41. The number of aromatic nitrogens is 5. The Morgan fingerprint density at radius 2 is 1.81 bits per heavy atom. The van der Waals surface area contributed by atoms with E-state index >= 15 is 0 Å². The average molecular weight is 449 g/mol. The quantitative estimate of drug-likeness (QED) is 0.468. The Kier molecular flexibility index (Phi) is 4.19. The van der Waals surface area contributed by atoms with E-state index in [0.717, 1.165) is 33.7 Å². The van der Waals surface area contributed by atoms with Crippen LogP contribution in [0.15, 0.2) is 72.6 Å². The second kappa shape index (κ2) is 7.08. The predicted octanol–water partition coefficient (Wildman–Crippen LogP) is 4.93. The fourth-order valence-corrected chi connectivity index (χ4v) is 4.43. The van der Waals surface area contributed by atoms with E-state index in [-0.39, 0.29) is 6.04 Å². The normalized spacial score (nSPS) is 19.0. The van der Waals surface area contributed by atoms with Crippen LogP contribution in [0.5, 0.6) is 5.75 Å². The van der Waals surface area contributed by atoms with Crippen LogP contribution in [0, 0.1) is 0 Å². The van der Waals surface area contributed by atoms with Gasteiger partial charge in [-0.15, -0.1) is 0 Å². The molecule has 0 radical (unpaired) electrons. The lowest BCUT2D eigenvalue weighted by Crippen LogP contribution is -2.32. The fourth-order valence-electron chi connectivity index (χ4n) is 4.13. The van der Waals surface area contributed by atoms with Crippen LogP contribution < -0.4 is 10.1 Å². The average Bonchev–Trinajstić information content (AvgIpc) is 3.27. The first kappa shape index (κ1) is 18.4. The highest BCUT2D eigenvalue weighted by molar-refractivity contribution is 6.31. The molecule has 2 aliphatic rings. The third kappa shape index (κ3) is 2.97. The van der Waals surface area contributed by atoms with Crippen LogP contribution in [0.3, 0.4) is 0 Å². The van der Waals surface area contributed by atoms with E-state index in [1.165, 1.54) is 0 Å². The summed E-state index contributed by atoms with van der Waals surface area (Å²) in [4.78, 5) is 4.32. The van der Waals surface area contributed by atoms with E-state index < -0.39 is 6.10 Å². The van der Waals surface area contributed by atoms with Gasteiger partial charge >= 0.3 is 0 Å². The van der Waals surface area contributed by atoms with E-state index in [9.17, 15) is 0 Å². The standard InChI is InChI=1S/C22H14Cl2N6O/c23-14-5-3-12(4-6-14)21-18-19(16-10-15(24)7-8-17(16)31-21)26-22-27-28-29-30(22)20(18)13-2-1-9-25-11-13/h1-11,20-21H,(H,26,27,29)/t20-,21+/m1/s1. The highest BCUT2D eigenvalue weighted by Crippen LogP contribution is 2.50. The van der Waals surface area contributed by atoms with Crippen molar-refractivity contribution >= 4 is 34.8 Å². The minimum Gasteiger partial charge on any atom is -0.480 e. The lowest BCUT2D eigenvalue weighted by atomic mass is 9.85. The summed E-state index contributed by atoms with van der Waals surface area (Å²) >= 11 is 12.5. The van der Waals surface area contributed by atoms with Gasteiger partial charge in [0, 0.05) is 33.6 Å². The first-order valence-corrected chi connectivity index (χ1v) is 10.4. The Morgan fingerprint density at radius 1 is 0.968 bits per heavy atom. The van der Waals surface area contributed by atoms with Gasteiger partial charge in [0.15, 0.2) is 0 Å². The van der Waals surface area contributed by atoms with E-state index in [0.29, 0.717) is 16.0 Å².